The summed E-state index contributed by atoms with van der Waals surface area (Å²) in [6, 6.07) is 5.10. The van der Waals surface area contributed by atoms with E-state index in [1.54, 1.807) is 31.7 Å². The highest BCUT2D eigenvalue weighted by Gasteiger charge is 2.46. The number of rotatable bonds is 3. The van der Waals surface area contributed by atoms with Crippen LogP contribution < -0.4 is 5.73 Å². The fraction of sp³-hybridized carbons (Fsp3) is 0.529. The number of benzene rings is 1. The molecule has 0 radical (unpaired) electrons. The summed E-state index contributed by atoms with van der Waals surface area (Å²) in [6.07, 6.45) is 1.20. The molecule has 4 nitrogen and oxygen atoms in total. The highest BCUT2D eigenvalue weighted by Crippen LogP contribution is 2.44. The number of nitrogens with zero attached hydrogens (tertiary/aromatic N) is 2. The molecule has 1 saturated heterocycles. The van der Waals surface area contributed by atoms with E-state index in [0.717, 1.165) is 0 Å². The number of hydrogen-bond acceptors (Lipinski definition) is 3. The molecule has 0 aliphatic carbocycles. The van der Waals surface area contributed by atoms with Gasteiger partial charge in [-0.3, -0.25) is 4.79 Å². The zero-order valence-corrected chi connectivity index (χ0v) is 14.3. The number of likely N-dealkylation sites (tertiary alicyclic amines) is 1. The van der Waals surface area contributed by atoms with Gasteiger partial charge in [-0.1, -0.05) is 11.6 Å². The molecule has 3 atom stereocenters. The molecule has 2 unspecified atom stereocenters. The van der Waals surface area contributed by atoms with Gasteiger partial charge < -0.3 is 10.6 Å². The Morgan fingerprint density at radius 1 is 1.52 bits per heavy atom. The normalized spacial score (nSPS) is 22.7. The predicted octanol–water partition coefficient (Wildman–Crippen LogP) is 3.41. The fourth-order valence-corrected chi connectivity index (χ4v) is 3.39. The lowest BCUT2D eigenvalue weighted by Crippen LogP contribution is -2.50. The van der Waals surface area contributed by atoms with Crippen molar-refractivity contribution in [3.8, 4) is 6.07 Å². The largest absolute Gasteiger partial charge is 0.330 e. The molecule has 6 heteroatoms. The van der Waals surface area contributed by atoms with Gasteiger partial charge in [0.25, 0.3) is 0 Å². The molecule has 1 aliphatic heterocycles. The van der Waals surface area contributed by atoms with Crippen molar-refractivity contribution in [1.29, 1.82) is 5.26 Å². The maximum absolute atomic E-state index is 14.3. The van der Waals surface area contributed by atoms with Gasteiger partial charge in [0.2, 0.25) is 5.91 Å². The Labute approximate surface area is 141 Å². The van der Waals surface area contributed by atoms with E-state index in [4.69, 9.17) is 17.3 Å². The molecule has 2 rings (SSSR count). The first-order valence-electron chi connectivity index (χ1n) is 7.63. The second-order valence-corrected chi connectivity index (χ2v) is 7.08. The highest BCUT2D eigenvalue weighted by atomic mass is 35.5. The predicted molar refractivity (Wildman–Crippen MR) is 87.1 cm³/mol. The molecule has 0 bridgehead atoms. The third kappa shape index (κ3) is 3.34. The summed E-state index contributed by atoms with van der Waals surface area (Å²) < 4.78 is 14.3. The Hall–Kier alpha value is -1.64. The van der Waals surface area contributed by atoms with Gasteiger partial charge in [-0.2, -0.15) is 5.26 Å². The summed E-state index contributed by atoms with van der Waals surface area (Å²) in [5.41, 5.74) is 5.41. The third-order valence-electron chi connectivity index (χ3n) is 4.47. The van der Waals surface area contributed by atoms with Crippen molar-refractivity contribution in [2.45, 2.75) is 51.7 Å². The third-order valence-corrected chi connectivity index (χ3v) is 4.70. The van der Waals surface area contributed by atoms with Crippen LogP contribution in [-0.2, 0) is 4.79 Å². The second-order valence-electron chi connectivity index (χ2n) is 6.64. The van der Waals surface area contributed by atoms with Crippen LogP contribution in [-0.4, -0.2) is 22.9 Å². The van der Waals surface area contributed by atoms with Crippen LogP contribution in [0.3, 0.4) is 0 Å². The Balaban J connectivity index is 2.49. The summed E-state index contributed by atoms with van der Waals surface area (Å²) in [7, 11) is 0. The lowest BCUT2D eigenvalue weighted by molar-refractivity contribution is -0.137. The van der Waals surface area contributed by atoms with Crippen LogP contribution in [0.4, 0.5) is 4.39 Å². The van der Waals surface area contributed by atoms with E-state index < -0.39 is 23.3 Å². The smallest absolute Gasteiger partial charge is 0.240 e. The molecule has 2 N–H and O–H groups in total. The molecule has 1 aromatic rings. The van der Waals surface area contributed by atoms with Crippen LogP contribution in [0.2, 0.25) is 5.02 Å². The number of carbonyl (C=O) groups excluding carboxylic acids is 1. The van der Waals surface area contributed by atoms with Crippen LogP contribution >= 0.6 is 11.6 Å². The highest BCUT2D eigenvalue weighted by molar-refractivity contribution is 6.30. The first kappa shape index (κ1) is 17.7. The molecule has 0 aromatic heterocycles. The van der Waals surface area contributed by atoms with E-state index in [1.165, 1.54) is 12.1 Å². The summed E-state index contributed by atoms with van der Waals surface area (Å²) in [5, 5.41) is 9.85. The number of carbonyl (C=O) groups is 1. The van der Waals surface area contributed by atoms with Crippen LogP contribution in [0.25, 0.3) is 0 Å². The lowest BCUT2D eigenvalue weighted by Gasteiger charge is -2.37. The molecule has 1 heterocycles. The minimum atomic E-state index is -0.742. The molecule has 0 spiro atoms. The maximum Gasteiger partial charge on any atom is 0.240 e. The average molecular weight is 338 g/mol. The second kappa shape index (κ2) is 6.46. The molecular weight excluding hydrogens is 317 g/mol. The van der Waals surface area contributed by atoms with E-state index in [9.17, 15) is 14.4 Å². The van der Waals surface area contributed by atoms with Crippen molar-refractivity contribution in [3.63, 3.8) is 0 Å². The Kier molecular flexibility index (Phi) is 4.98. The van der Waals surface area contributed by atoms with Gasteiger partial charge in [-0.15, -0.1) is 0 Å². The van der Waals surface area contributed by atoms with Gasteiger partial charge in [0.15, 0.2) is 0 Å². The zero-order chi connectivity index (χ0) is 17.4. The zero-order valence-electron chi connectivity index (χ0n) is 13.5. The summed E-state index contributed by atoms with van der Waals surface area (Å²) in [5.74, 6) is -0.683. The average Bonchev–Trinajstić information content (AvgIpc) is 2.94. The van der Waals surface area contributed by atoms with Crippen LogP contribution in [0.1, 0.15) is 45.2 Å². The standard InChI is InChI=1S/C17H21ClFN3O/c1-10(21)16(23)22-14(6-7-15(22)17(2,3)9-20)12-8-11(18)4-5-13(12)19/h4-5,8,10,14-15H,6-7,21H2,1-3H3/t10-,14?,15?/m1/s1. The molecule has 1 fully saturated rings. The van der Waals surface area contributed by atoms with E-state index in [2.05, 4.69) is 6.07 Å². The van der Waals surface area contributed by atoms with E-state index >= 15 is 0 Å². The molecule has 0 saturated carbocycles. The number of hydrogen-bond donors (Lipinski definition) is 1. The first-order chi connectivity index (χ1) is 10.7. The molecule has 1 amide bonds. The molecule has 124 valence electrons. The number of nitrogens with two attached hydrogens (primary N) is 1. The van der Waals surface area contributed by atoms with Gasteiger partial charge in [-0.25, -0.2) is 4.39 Å². The van der Waals surface area contributed by atoms with E-state index in [0.29, 0.717) is 23.4 Å². The number of halogens is 2. The number of amides is 1. The first-order valence-corrected chi connectivity index (χ1v) is 8.00. The topological polar surface area (TPSA) is 70.1 Å². The minimum absolute atomic E-state index is 0.278. The van der Waals surface area contributed by atoms with Crippen molar-refractivity contribution in [1.82, 2.24) is 4.90 Å². The van der Waals surface area contributed by atoms with Crippen molar-refractivity contribution < 1.29 is 9.18 Å². The van der Waals surface area contributed by atoms with Crippen molar-refractivity contribution in [2.75, 3.05) is 0 Å². The van der Waals surface area contributed by atoms with Crippen LogP contribution in [0, 0.1) is 22.6 Å². The summed E-state index contributed by atoms with van der Waals surface area (Å²) in [6.45, 7) is 5.17. The molecule has 1 aromatic carbocycles. The lowest BCUT2D eigenvalue weighted by atomic mass is 9.84. The van der Waals surface area contributed by atoms with Gasteiger partial charge in [-0.05, 0) is 51.8 Å². The van der Waals surface area contributed by atoms with Gasteiger partial charge in [0.1, 0.15) is 5.82 Å². The van der Waals surface area contributed by atoms with Crippen molar-refractivity contribution in [3.05, 3.63) is 34.6 Å². The van der Waals surface area contributed by atoms with E-state index in [-0.39, 0.29) is 11.9 Å². The number of nitriles is 1. The molecule has 23 heavy (non-hydrogen) atoms. The molecular formula is C17H21ClFN3O. The van der Waals surface area contributed by atoms with E-state index in [1.807, 2.05) is 0 Å². The Morgan fingerprint density at radius 3 is 2.74 bits per heavy atom. The monoisotopic (exact) mass is 337 g/mol. The van der Waals surface area contributed by atoms with Crippen LogP contribution in [0.5, 0.6) is 0 Å². The molecule has 1 aliphatic rings. The SMILES string of the molecule is C[C@@H](N)C(=O)N1C(c2cc(Cl)ccc2F)CCC1C(C)(C)C#N. The summed E-state index contributed by atoms with van der Waals surface area (Å²) in [4.78, 5) is 14.2. The van der Waals surface area contributed by atoms with Crippen LogP contribution in [0.15, 0.2) is 18.2 Å². The quantitative estimate of drug-likeness (QED) is 0.918. The van der Waals surface area contributed by atoms with Gasteiger partial charge >= 0.3 is 0 Å². The fourth-order valence-electron chi connectivity index (χ4n) is 3.21. The van der Waals surface area contributed by atoms with Gasteiger partial charge in [0.05, 0.1) is 29.6 Å². The maximum atomic E-state index is 14.3. The summed E-state index contributed by atoms with van der Waals surface area (Å²) >= 11 is 5.99. The van der Waals surface area contributed by atoms with Crippen molar-refractivity contribution in [2.24, 2.45) is 11.1 Å². The Bertz CT molecular complexity index is 654. The minimum Gasteiger partial charge on any atom is -0.330 e. The van der Waals surface area contributed by atoms with Crippen molar-refractivity contribution >= 4 is 17.5 Å². The van der Waals surface area contributed by atoms with Gasteiger partial charge in [0, 0.05) is 10.6 Å². The Morgan fingerprint density at radius 2 is 2.17 bits per heavy atom.